The average Bonchev–Trinajstić information content (AvgIpc) is 3.32. The highest BCUT2D eigenvalue weighted by atomic mass is 35.5. The number of oxazole rings is 1. The maximum Gasteiger partial charge on any atom is 0.243 e. The Kier molecular flexibility index (Phi) is 6.22. The number of piperazine rings is 1. The van der Waals surface area contributed by atoms with Crippen molar-refractivity contribution in [2.45, 2.75) is 24.3 Å². The van der Waals surface area contributed by atoms with Crippen molar-refractivity contribution in [3.63, 3.8) is 0 Å². The fourth-order valence-corrected chi connectivity index (χ4v) is 5.21. The number of benzene rings is 1. The lowest BCUT2D eigenvalue weighted by molar-refractivity contribution is 0.179. The summed E-state index contributed by atoms with van der Waals surface area (Å²) >= 11 is 0. The Bertz CT molecular complexity index is 863. The van der Waals surface area contributed by atoms with Gasteiger partial charge in [0.25, 0.3) is 0 Å². The molecule has 0 aliphatic carbocycles. The lowest BCUT2D eigenvalue weighted by atomic mass is 10.2. The minimum absolute atomic E-state index is 0. The predicted octanol–water partition coefficient (Wildman–Crippen LogP) is 1.74. The van der Waals surface area contributed by atoms with E-state index in [4.69, 9.17) is 4.42 Å². The molecule has 0 bridgehead atoms. The maximum atomic E-state index is 13.0. The molecule has 0 saturated carbocycles. The summed E-state index contributed by atoms with van der Waals surface area (Å²) in [6.07, 6.45) is 2.48. The van der Waals surface area contributed by atoms with Gasteiger partial charge in [-0.05, 0) is 18.6 Å². The van der Waals surface area contributed by atoms with Gasteiger partial charge in [0.15, 0.2) is 5.89 Å². The van der Waals surface area contributed by atoms with Crippen LogP contribution >= 0.6 is 12.4 Å². The molecule has 2 aliphatic rings. The molecular weight excluding hydrogens is 388 g/mol. The first-order valence-electron chi connectivity index (χ1n) is 9.01. The van der Waals surface area contributed by atoms with E-state index in [1.165, 1.54) is 0 Å². The van der Waals surface area contributed by atoms with Crippen molar-refractivity contribution in [3.05, 3.63) is 36.4 Å². The Morgan fingerprint density at radius 2 is 1.85 bits per heavy atom. The van der Waals surface area contributed by atoms with Crippen molar-refractivity contribution in [2.75, 3.05) is 39.3 Å². The van der Waals surface area contributed by atoms with E-state index in [0.717, 1.165) is 38.2 Å². The standard InChI is InChI=1S/C18H24N4O3S.ClH/c1-14-20-18(13-25-14)15-2-4-17(5-3-15)26(23,24)22-9-6-16(12-22)21-10-7-19-8-11-21;/h2-5,13,16,19H,6-12H2,1H3;1H. The van der Waals surface area contributed by atoms with E-state index in [9.17, 15) is 8.42 Å². The second-order valence-corrected chi connectivity index (χ2v) is 8.81. The molecule has 0 spiro atoms. The first-order chi connectivity index (χ1) is 12.5. The number of rotatable bonds is 4. The van der Waals surface area contributed by atoms with Crippen molar-refractivity contribution in [1.29, 1.82) is 0 Å². The van der Waals surface area contributed by atoms with Gasteiger partial charge in [-0.1, -0.05) is 12.1 Å². The number of sulfonamides is 1. The largest absolute Gasteiger partial charge is 0.449 e. The summed E-state index contributed by atoms with van der Waals surface area (Å²) in [7, 11) is -3.46. The quantitative estimate of drug-likeness (QED) is 0.824. The highest BCUT2D eigenvalue weighted by Gasteiger charge is 2.35. The van der Waals surface area contributed by atoms with E-state index in [-0.39, 0.29) is 12.4 Å². The van der Waals surface area contributed by atoms with E-state index in [0.29, 0.717) is 35.6 Å². The molecule has 27 heavy (non-hydrogen) atoms. The first kappa shape index (κ1) is 20.3. The molecule has 2 aromatic rings. The number of nitrogens with zero attached hydrogens (tertiary/aromatic N) is 3. The van der Waals surface area contributed by atoms with E-state index >= 15 is 0 Å². The van der Waals surface area contributed by atoms with Crippen molar-refractivity contribution in [2.24, 2.45) is 0 Å². The monoisotopic (exact) mass is 412 g/mol. The van der Waals surface area contributed by atoms with E-state index in [1.807, 2.05) is 0 Å². The van der Waals surface area contributed by atoms with Crippen LogP contribution < -0.4 is 5.32 Å². The summed E-state index contributed by atoms with van der Waals surface area (Å²) in [5, 5.41) is 3.34. The number of hydrogen-bond donors (Lipinski definition) is 1. The van der Waals surface area contributed by atoms with Crippen molar-refractivity contribution in [1.82, 2.24) is 19.5 Å². The zero-order chi connectivity index (χ0) is 18.1. The fraction of sp³-hybridized carbons (Fsp3) is 0.500. The lowest BCUT2D eigenvalue weighted by Gasteiger charge is -2.32. The van der Waals surface area contributed by atoms with Crippen LogP contribution in [0, 0.1) is 6.92 Å². The molecule has 0 radical (unpaired) electrons. The minimum Gasteiger partial charge on any atom is -0.449 e. The molecule has 1 unspecified atom stereocenters. The highest BCUT2D eigenvalue weighted by Crippen LogP contribution is 2.26. The third-order valence-corrected chi connectivity index (χ3v) is 7.08. The molecular formula is C18H25ClN4O3S. The Labute approximate surface area is 166 Å². The Morgan fingerprint density at radius 1 is 1.15 bits per heavy atom. The summed E-state index contributed by atoms with van der Waals surface area (Å²) in [4.78, 5) is 7.02. The molecule has 1 aromatic carbocycles. The van der Waals surface area contributed by atoms with E-state index in [1.54, 1.807) is 41.8 Å². The molecule has 1 N–H and O–H groups in total. The smallest absolute Gasteiger partial charge is 0.243 e. The van der Waals surface area contributed by atoms with Gasteiger partial charge in [-0.2, -0.15) is 4.31 Å². The van der Waals surface area contributed by atoms with Gasteiger partial charge in [0.2, 0.25) is 10.0 Å². The van der Waals surface area contributed by atoms with Crippen LogP contribution in [0.5, 0.6) is 0 Å². The number of aromatic nitrogens is 1. The van der Waals surface area contributed by atoms with Gasteiger partial charge in [-0.25, -0.2) is 13.4 Å². The van der Waals surface area contributed by atoms with Crippen molar-refractivity contribution in [3.8, 4) is 11.3 Å². The average molecular weight is 413 g/mol. The summed E-state index contributed by atoms with van der Waals surface area (Å²) in [6.45, 7) is 6.88. The van der Waals surface area contributed by atoms with Crippen LogP contribution in [0.2, 0.25) is 0 Å². The van der Waals surface area contributed by atoms with Crippen LogP contribution in [0.25, 0.3) is 11.3 Å². The normalized spacial score (nSPS) is 21.9. The lowest BCUT2D eigenvalue weighted by Crippen LogP contribution is -2.49. The first-order valence-corrected chi connectivity index (χ1v) is 10.5. The molecule has 1 atom stereocenters. The molecule has 9 heteroatoms. The van der Waals surface area contributed by atoms with Gasteiger partial charge in [0, 0.05) is 57.8 Å². The number of hydrogen-bond acceptors (Lipinski definition) is 6. The zero-order valence-corrected chi connectivity index (χ0v) is 16.9. The number of halogens is 1. The molecule has 2 saturated heterocycles. The number of aryl methyl sites for hydroxylation is 1. The van der Waals surface area contributed by atoms with Crippen molar-refractivity contribution >= 4 is 22.4 Å². The Hall–Kier alpha value is -1.45. The summed E-state index contributed by atoms with van der Waals surface area (Å²) in [6, 6.07) is 7.21. The second kappa shape index (κ2) is 8.28. The SMILES string of the molecule is Cc1nc(-c2ccc(S(=O)(=O)N3CCC(N4CCNCC4)C3)cc2)co1.Cl. The molecule has 0 amide bonds. The topological polar surface area (TPSA) is 78.7 Å². The summed E-state index contributed by atoms with van der Waals surface area (Å²) in [5.74, 6) is 0.590. The van der Waals surface area contributed by atoms with Crippen LogP contribution in [-0.4, -0.2) is 67.9 Å². The van der Waals surface area contributed by atoms with Gasteiger partial charge in [-0.3, -0.25) is 4.90 Å². The predicted molar refractivity (Wildman–Crippen MR) is 106 cm³/mol. The Morgan fingerprint density at radius 3 is 2.48 bits per heavy atom. The Balaban J connectivity index is 0.00000210. The van der Waals surface area contributed by atoms with Gasteiger partial charge in [0.05, 0.1) is 4.90 Å². The fourth-order valence-electron chi connectivity index (χ4n) is 3.72. The molecule has 1 aromatic heterocycles. The van der Waals surface area contributed by atoms with Crippen molar-refractivity contribution < 1.29 is 12.8 Å². The molecule has 2 aliphatic heterocycles. The third-order valence-electron chi connectivity index (χ3n) is 5.20. The van der Waals surface area contributed by atoms with Crippen LogP contribution in [0.15, 0.2) is 39.8 Å². The molecule has 4 rings (SSSR count). The van der Waals surface area contributed by atoms with Crippen LogP contribution in [0.3, 0.4) is 0 Å². The molecule has 148 valence electrons. The van der Waals surface area contributed by atoms with Gasteiger partial charge < -0.3 is 9.73 Å². The van der Waals surface area contributed by atoms with Crippen LogP contribution in [0.1, 0.15) is 12.3 Å². The van der Waals surface area contributed by atoms with Crippen LogP contribution in [0.4, 0.5) is 0 Å². The summed E-state index contributed by atoms with van der Waals surface area (Å²) in [5.41, 5.74) is 1.56. The van der Waals surface area contributed by atoms with E-state index < -0.39 is 10.0 Å². The van der Waals surface area contributed by atoms with E-state index in [2.05, 4.69) is 15.2 Å². The summed E-state index contributed by atoms with van der Waals surface area (Å²) < 4.78 is 32.8. The van der Waals surface area contributed by atoms with Crippen LogP contribution in [-0.2, 0) is 10.0 Å². The maximum absolute atomic E-state index is 13.0. The van der Waals surface area contributed by atoms with Gasteiger partial charge >= 0.3 is 0 Å². The minimum atomic E-state index is -3.46. The second-order valence-electron chi connectivity index (χ2n) is 6.87. The van der Waals surface area contributed by atoms with Gasteiger partial charge in [0.1, 0.15) is 12.0 Å². The highest BCUT2D eigenvalue weighted by molar-refractivity contribution is 7.89. The van der Waals surface area contributed by atoms with Gasteiger partial charge in [-0.15, -0.1) is 12.4 Å². The molecule has 7 nitrogen and oxygen atoms in total. The third kappa shape index (κ3) is 4.20. The zero-order valence-electron chi connectivity index (χ0n) is 15.3. The molecule has 2 fully saturated rings. The number of nitrogens with one attached hydrogen (secondary N) is 1. The molecule has 3 heterocycles.